The van der Waals surface area contributed by atoms with Crippen molar-refractivity contribution in [3.8, 4) is 11.5 Å². The summed E-state index contributed by atoms with van der Waals surface area (Å²) in [5, 5.41) is 9.32. The molecule has 1 atom stereocenters. The molecule has 1 N–H and O–H groups in total. The Labute approximate surface area is 159 Å². The van der Waals surface area contributed by atoms with Crippen molar-refractivity contribution in [2.75, 3.05) is 26.2 Å². The summed E-state index contributed by atoms with van der Waals surface area (Å²) in [6, 6.07) is 15.5. The van der Waals surface area contributed by atoms with Gasteiger partial charge in [-0.15, -0.1) is 0 Å². The molecule has 2 aromatic rings. The Kier molecular flexibility index (Phi) is 5.96. The Hall–Kier alpha value is -3.02. The number of benzene rings is 2. The standard InChI is InChI=1S/C21H24N2O4/c1-16(27-19-10-8-18(24)9-11-19)20(25)22-12-5-13-23(15-14-22)21(26)17-6-3-2-4-7-17/h2-4,6-11,16,24H,5,12-15H2,1H3. The first-order valence-corrected chi connectivity index (χ1v) is 9.13. The summed E-state index contributed by atoms with van der Waals surface area (Å²) in [7, 11) is 0. The predicted octanol–water partition coefficient (Wildman–Crippen LogP) is 2.53. The number of nitrogens with zero attached hydrogens (tertiary/aromatic N) is 2. The highest BCUT2D eigenvalue weighted by atomic mass is 16.5. The summed E-state index contributed by atoms with van der Waals surface area (Å²) in [6.45, 7) is 3.93. The fourth-order valence-electron chi connectivity index (χ4n) is 3.14. The molecule has 0 radical (unpaired) electrons. The van der Waals surface area contributed by atoms with E-state index >= 15 is 0 Å². The largest absolute Gasteiger partial charge is 0.508 e. The van der Waals surface area contributed by atoms with Crippen LogP contribution in [0, 0.1) is 0 Å². The van der Waals surface area contributed by atoms with Crippen molar-refractivity contribution in [2.45, 2.75) is 19.4 Å². The van der Waals surface area contributed by atoms with Crippen LogP contribution in [0.15, 0.2) is 54.6 Å². The molecule has 1 fully saturated rings. The Morgan fingerprint density at radius 1 is 0.926 bits per heavy atom. The first-order valence-electron chi connectivity index (χ1n) is 9.13. The number of carbonyl (C=O) groups is 2. The Balaban J connectivity index is 1.57. The lowest BCUT2D eigenvalue weighted by molar-refractivity contribution is -0.137. The summed E-state index contributed by atoms with van der Waals surface area (Å²) in [5.74, 6) is 0.580. The van der Waals surface area contributed by atoms with Gasteiger partial charge in [-0.3, -0.25) is 9.59 Å². The van der Waals surface area contributed by atoms with Crippen LogP contribution in [0.3, 0.4) is 0 Å². The van der Waals surface area contributed by atoms with Crippen LogP contribution in [0.25, 0.3) is 0 Å². The Morgan fingerprint density at radius 2 is 1.56 bits per heavy atom. The maximum absolute atomic E-state index is 12.7. The molecular weight excluding hydrogens is 344 g/mol. The number of amides is 2. The van der Waals surface area contributed by atoms with Gasteiger partial charge in [-0.2, -0.15) is 0 Å². The summed E-state index contributed by atoms with van der Waals surface area (Å²) < 4.78 is 5.69. The minimum Gasteiger partial charge on any atom is -0.508 e. The molecule has 27 heavy (non-hydrogen) atoms. The molecule has 2 aromatic carbocycles. The molecule has 6 nitrogen and oxygen atoms in total. The van der Waals surface area contributed by atoms with Gasteiger partial charge in [0.25, 0.3) is 11.8 Å². The van der Waals surface area contributed by atoms with E-state index in [4.69, 9.17) is 4.74 Å². The van der Waals surface area contributed by atoms with E-state index in [1.54, 1.807) is 28.9 Å². The molecule has 3 rings (SSSR count). The molecule has 6 heteroatoms. The fraction of sp³-hybridized carbons (Fsp3) is 0.333. The molecule has 1 heterocycles. The average molecular weight is 368 g/mol. The van der Waals surface area contributed by atoms with Crippen molar-refractivity contribution >= 4 is 11.8 Å². The van der Waals surface area contributed by atoms with Gasteiger partial charge < -0.3 is 19.6 Å². The maximum Gasteiger partial charge on any atom is 0.263 e. The third kappa shape index (κ3) is 4.78. The second-order valence-corrected chi connectivity index (χ2v) is 6.59. The van der Waals surface area contributed by atoms with Gasteiger partial charge in [-0.05, 0) is 49.7 Å². The molecule has 0 saturated carbocycles. The van der Waals surface area contributed by atoms with E-state index in [-0.39, 0.29) is 17.6 Å². The quantitative estimate of drug-likeness (QED) is 0.900. The zero-order valence-corrected chi connectivity index (χ0v) is 15.4. The van der Waals surface area contributed by atoms with Gasteiger partial charge in [0.15, 0.2) is 6.10 Å². The van der Waals surface area contributed by atoms with Crippen LogP contribution in [0.4, 0.5) is 0 Å². The van der Waals surface area contributed by atoms with Crippen LogP contribution in [0.1, 0.15) is 23.7 Å². The number of carbonyl (C=O) groups excluding carboxylic acids is 2. The van der Waals surface area contributed by atoms with Crippen molar-refractivity contribution in [3.63, 3.8) is 0 Å². The van der Waals surface area contributed by atoms with Crippen LogP contribution in [0.5, 0.6) is 11.5 Å². The fourth-order valence-corrected chi connectivity index (χ4v) is 3.14. The first kappa shape index (κ1) is 18.8. The van der Waals surface area contributed by atoms with E-state index in [0.29, 0.717) is 37.5 Å². The minimum atomic E-state index is -0.633. The van der Waals surface area contributed by atoms with E-state index in [0.717, 1.165) is 6.42 Å². The normalized spacial score (nSPS) is 15.7. The van der Waals surface area contributed by atoms with E-state index in [2.05, 4.69) is 0 Å². The predicted molar refractivity (Wildman–Crippen MR) is 102 cm³/mol. The maximum atomic E-state index is 12.7. The lowest BCUT2D eigenvalue weighted by atomic mass is 10.2. The smallest absolute Gasteiger partial charge is 0.263 e. The highest BCUT2D eigenvalue weighted by Gasteiger charge is 2.26. The third-order valence-electron chi connectivity index (χ3n) is 4.61. The van der Waals surface area contributed by atoms with Crippen LogP contribution in [0.2, 0.25) is 0 Å². The van der Waals surface area contributed by atoms with Crippen molar-refractivity contribution in [3.05, 3.63) is 60.2 Å². The van der Waals surface area contributed by atoms with E-state index in [1.165, 1.54) is 12.1 Å². The van der Waals surface area contributed by atoms with Crippen LogP contribution in [-0.2, 0) is 4.79 Å². The van der Waals surface area contributed by atoms with Gasteiger partial charge >= 0.3 is 0 Å². The monoisotopic (exact) mass is 368 g/mol. The van der Waals surface area contributed by atoms with E-state index in [9.17, 15) is 14.7 Å². The average Bonchev–Trinajstić information content (AvgIpc) is 2.95. The zero-order chi connectivity index (χ0) is 19.2. The number of hydrogen-bond donors (Lipinski definition) is 1. The molecule has 0 aliphatic carbocycles. The summed E-state index contributed by atoms with van der Waals surface area (Å²) in [6.07, 6.45) is 0.0990. The summed E-state index contributed by atoms with van der Waals surface area (Å²) in [5.41, 5.74) is 0.668. The van der Waals surface area contributed by atoms with Crippen LogP contribution in [-0.4, -0.2) is 59.0 Å². The molecule has 1 saturated heterocycles. The van der Waals surface area contributed by atoms with Crippen LogP contribution < -0.4 is 4.74 Å². The summed E-state index contributed by atoms with van der Waals surface area (Å²) >= 11 is 0. The third-order valence-corrected chi connectivity index (χ3v) is 4.61. The Morgan fingerprint density at radius 3 is 2.26 bits per heavy atom. The van der Waals surface area contributed by atoms with Gasteiger partial charge in [-0.25, -0.2) is 0 Å². The van der Waals surface area contributed by atoms with Crippen molar-refractivity contribution in [2.24, 2.45) is 0 Å². The Bertz CT molecular complexity index is 777. The number of ether oxygens (including phenoxy) is 1. The number of aromatic hydroxyl groups is 1. The molecule has 1 unspecified atom stereocenters. The molecule has 1 aliphatic heterocycles. The molecular formula is C21H24N2O4. The second-order valence-electron chi connectivity index (χ2n) is 6.59. The molecule has 1 aliphatic rings. The number of phenolic OH excluding ortho intramolecular Hbond substituents is 1. The van der Waals surface area contributed by atoms with E-state index < -0.39 is 6.10 Å². The molecule has 0 bridgehead atoms. The lowest BCUT2D eigenvalue weighted by Gasteiger charge is -2.25. The zero-order valence-electron chi connectivity index (χ0n) is 15.4. The van der Waals surface area contributed by atoms with Crippen molar-refractivity contribution < 1.29 is 19.4 Å². The highest BCUT2D eigenvalue weighted by molar-refractivity contribution is 5.94. The number of rotatable bonds is 4. The van der Waals surface area contributed by atoms with Crippen LogP contribution >= 0.6 is 0 Å². The first-order chi connectivity index (χ1) is 13.0. The molecule has 142 valence electrons. The van der Waals surface area contributed by atoms with Gasteiger partial charge in [0.2, 0.25) is 0 Å². The topological polar surface area (TPSA) is 70.1 Å². The summed E-state index contributed by atoms with van der Waals surface area (Å²) in [4.78, 5) is 28.9. The molecule has 0 spiro atoms. The van der Waals surface area contributed by atoms with Gasteiger partial charge in [0, 0.05) is 31.7 Å². The SMILES string of the molecule is CC(Oc1ccc(O)cc1)C(=O)N1CCCN(C(=O)c2ccccc2)CC1. The number of hydrogen-bond acceptors (Lipinski definition) is 4. The van der Waals surface area contributed by atoms with Crippen molar-refractivity contribution in [1.82, 2.24) is 9.80 Å². The van der Waals surface area contributed by atoms with Gasteiger partial charge in [0.1, 0.15) is 11.5 Å². The van der Waals surface area contributed by atoms with Crippen molar-refractivity contribution in [1.29, 1.82) is 0 Å². The lowest BCUT2D eigenvalue weighted by Crippen LogP contribution is -2.43. The van der Waals surface area contributed by atoms with Gasteiger partial charge in [0.05, 0.1) is 0 Å². The van der Waals surface area contributed by atoms with Gasteiger partial charge in [-0.1, -0.05) is 18.2 Å². The minimum absolute atomic E-state index is 0.00158. The van der Waals surface area contributed by atoms with E-state index in [1.807, 2.05) is 30.3 Å². The second kappa shape index (κ2) is 8.58. The highest BCUT2D eigenvalue weighted by Crippen LogP contribution is 2.18. The molecule has 2 amide bonds. The molecule has 0 aromatic heterocycles. The number of phenols is 1.